The Bertz CT molecular complexity index is 27.0. The summed E-state index contributed by atoms with van der Waals surface area (Å²) in [6.07, 6.45) is 3.25. The molecule has 0 fully saturated rings. The maximum Gasteiger partial charge on any atom is 0.214 e. The van der Waals surface area contributed by atoms with Gasteiger partial charge in [0.1, 0.15) is 0 Å². The van der Waals surface area contributed by atoms with E-state index in [9.17, 15) is 4.57 Å². The highest BCUT2D eigenvalue weighted by atomic mass is 32.0. The molecule has 0 aromatic rings. The van der Waals surface area contributed by atoms with Gasteiger partial charge in [-0.1, -0.05) is 6.30 Å². The van der Waals surface area contributed by atoms with Gasteiger partial charge in [-0.3, -0.25) is 4.57 Å². The monoisotopic (exact) mass is 92.0 g/mol. The third-order valence-electron chi connectivity index (χ3n) is 0.0577. The van der Waals surface area contributed by atoms with Crippen LogP contribution in [0.15, 0.2) is 0 Å². The van der Waals surface area contributed by atoms with E-state index in [0.717, 1.165) is 0 Å². The van der Waals surface area contributed by atoms with Crippen LogP contribution in [0.4, 0.5) is 0 Å². The summed E-state index contributed by atoms with van der Waals surface area (Å²) in [6.45, 7) is 0. The van der Waals surface area contributed by atoms with E-state index >= 15 is 0 Å². The van der Waals surface area contributed by atoms with Gasteiger partial charge >= 0.3 is 0 Å². The Morgan fingerprint density at radius 1 is 1.75 bits per heavy atom. The van der Waals surface area contributed by atoms with Gasteiger partial charge in [-0.05, 0) is 7.89 Å². The fraction of sp³-hybridized carbons (Fsp3) is 0. The van der Waals surface area contributed by atoms with E-state index in [0.29, 0.717) is 7.89 Å². The zero-order chi connectivity index (χ0) is 3.41. The van der Waals surface area contributed by atoms with E-state index in [-0.39, 0.29) is 8.15 Å². The zero-order valence-electron chi connectivity index (χ0n) is 2.01. The van der Waals surface area contributed by atoms with Crippen molar-refractivity contribution in [3.05, 3.63) is 0 Å². The molecule has 22 valence electrons. The van der Waals surface area contributed by atoms with Gasteiger partial charge in [0.2, 0.25) is 8.15 Å². The smallest absolute Gasteiger partial charge is 0.214 e. The molecular weight excluding hydrogens is 90.0 g/mol. The first kappa shape index (κ1) is 4.27. The summed E-state index contributed by atoms with van der Waals surface area (Å²) >= 11 is 0. The first-order valence-electron chi connectivity index (χ1n) is 0.699. The van der Waals surface area contributed by atoms with E-state index in [2.05, 4.69) is 6.30 Å². The van der Waals surface area contributed by atoms with Crippen molar-refractivity contribution < 1.29 is 4.57 Å². The molecule has 0 heterocycles. The minimum absolute atomic E-state index is 0.110. The molecule has 0 aliphatic heterocycles. The zero-order valence-corrected chi connectivity index (χ0v) is 3.80. The van der Waals surface area contributed by atoms with Gasteiger partial charge in [0.15, 0.2) is 0 Å². The maximum absolute atomic E-state index is 9.20. The molecule has 3 heteroatoms. The minimum Gasteiger partial charge on any atom is -0.265 e. The second-order valence-electron chi connectivity index (χ2n) is 0.223. The van der Waals surface area contributed by atoms with Crippen molar-refractivity contribution in [2.75, 3.05) is 0 Å². The van der Waals surface area contributed by atoms with Crippen molar-refractivity contribution in [1.29, 1.82) is 0 Å². The van der Waals surface area contributed by atoms with Crippen LogP contribution < -0.4 is 0 Å². The summed E-state index contributed by atoms with van der Waals surface area (Å²) in [5.41, 5.74) is 0. The minimum atomic E-state index is 0.110. The van der Waals surface area contributed by atoms with E-state index in [4.69, 9.17) is 0 Å². The van der Waals surface area contributed by atoms with Crippen LogP contribution in [-0.4, -0.2) is 6.30 Å². The van der Waals surface area contributed by atoms with Gasteiger partial charge in [0.05, 0.1) is 0 Å². The first-order valence-corrected chi connectivity index (χ1v) is 3.30. The molecule has 0 bridgehead atoms. The van der Waals surface area contributed by atoms with Gasteiger partial charge in [0, 0.05) is 0 Å². The van der Waals surface area contributed by atoms with Crippen LogP contribution in [0.3, 0.4) is 0 Å². The summed E-state index contributed by atoms with van der Waals surface area (Å²) < 4.78 is 9.20. The standard InChI is InChI=1S/CH2OP2/c1-3-4-2/h1H2. The second kappa shape index (κ2) is 3.27. The van der Waals surface area contributed by atoms with Crippen LogP contribution in [0.2, 0.25) is 0 Å². The summed E-state index contributed by atoms with van der Waals surface area (Å²) in [7, 11) is 0.775. The van der Waals surface area contributed by atoms with E-state index < -0.39 is 0 Å². The Hall–Kier alpha value is 0.270. The van der Waals surface area contributed by atoms with Crippen LogP contribution in [-0.2, 0) is 4.57 Å². The number of hydrogen-bond acceptors (Lipinski definition) is 1. The molecule has 0 unspecified atom stereocenters. The summed E-state index contributed by atoms with van der Waals surface area (Å²) in [6, 6.07) is 0. The largest absolute Gasteiger partial charge is 0.265 e. The molecule has 0 rings (SSSR count). The number of hydrogen-bond donors (Lipinski definition) is 0. The van der Waals surface area contributed by atoms with Gasteiger partial charge in [-0.2, -0.15) is 0 Å². The quantitative estimate of drug-likeness (QED) is 0.448. The van der Waals surface area contributed by atoms with Crippen molar-refractivity contribution in [2.24, 2.45) is 0 Å². The lowest BCUT2D eigenvalue weighted by Gasteiger charge is -1.33. The van der Waals surface area contributed by atoms with Crippen molar-refractivity contribution in [3.8, 4) is 0 Å². The van der Waals surface area contributed by atoms with Crippen molar-refractivity contribution in [2.45, 2.75) is 0 Å². The molecule has 0 aromatic carbocycles. The fourth-order valence-electron chi connectivity index (χ4n) is 0. The van der Waals surface area contributed by atoms with Crippen LogP contribution >= 0.6 is 16.0 Å². The van der Waals surface area contributed by atoms with E-state index in [1.54, 1.807) is 0 Å². The van der Waals surface area contributed by atoms with Gasteiger partial charge in [-0.25, -0.2) is 0 Å². The van der Waals surface area contributed by atoms with Gasteiger partial charge in [-0.15, -0.1) is 0 Å². The third kappa shape index (κ3) is 2.27. The fourth-order valence-corrected chi connectivity index (χ4v) is 0. The Morgan fingerprint density at radius 2 is 2.00 bits per heavy atom. The van der Waals surface area contributed by atoms with Crippen LogP contribution in [0.1, 0.15) is 0 Å². The topological polar surface area (TPSA) is 17.1 Å². The molecule has 4 heavy (non-hydrogen) atoms. The normalized spacial score (nSPS) is 9.00. The molecule has 1 nitrogen and oxygen atoms in total. The lowest BCUT2D eigenvalue weighted by Crippen LogP contribution is -0.883. The molecule has 0 aromatic heterocycles. The molecule has 0 aliphatic rings. The third-order valence-corrected chi connectivity index (χ3v) is 0.520. The number of rotatable bonds is 1. The molecule has 0 aliphatic carbocycles. The molecule has 0 saturated heterocycles. The molecule has 0 atom stereocenters. The van der Waals surface area contributed by atoms with Crippen molar-refractivity contribution >= 4 is 22.3 Å². The average molecular weight is 92.0 g/mol. The molecule has 0 amide bonds. The maximum atomic E-state index is 9.20. The molecule has 0 spiro atoms. The van der Waals surface area contributed by atoms with Crippen LogP contribution in [0.5, 0.6) is 0 Å². The van der Waals surface area contributed by atoms with Crippen LogP contribution in [0.25, 0.3) is 0 Å². The Labute approximate surface area is 27.9 Å². The molecule has 0 N–H and O–H groups in total. The summed E-state index contributed by atoms with van der Waals surface area (Å²) in [4.78, 5) is 0. The van der Waals surface area contributed by atoms with Crippen molar-refractivity contribution in [3.63, 3.8) is 0 Å². The lowest BCUT2D eigenvalue weighted by atomic mass is 12.0. The second-order valence-corrected chi connectivity index (χ2v) is 2.01. The Kier molecular flexibility index (Phi) is 3.49. The highest BCUT2D eigenvalue weighted by Gasteiger charge is 1.43. The van der Waals surface area contributed by atoms with Crippen molar-refractivity contribution in [1.82, 2.24) is 0 Å². The highest BCUT2D eigenvalue weighted by Crippen LogP contribution is 2.08. The molecule has 0 radical (unpaired) electrons. The molecular formula is CH2OP2. The van der Waals surface area contributed by atoms with E-state index in [1.807, 2.05) is 0 Å². The summed E-state index contributed by atoms with van der Waals surface area (Å²) in [5, 5.41) is 0. The Morgan fingerprint density at radius 3 is 2.00 bits per heavy atom. The molecule has 0 saturated carbocycles. The highest BCUT2D eigenvalue weighted by molar-refractivity contribution is 8.04. The van der Waals surface area contributed by atoms with Gasteiger partial charge < -0.3 is 0 Å². The SMILES string of the molecule is C=PP=O. The van der Waals surface area contributed by atoms with Gasteiger partial charge in [0.25, 0.3) is 0 Å². The predicted molar refractivity (Wildman–Crippen MR) is 21.6 cm³/mol. The summed E-state index contributed by atoms with van der Waals surface area (Å²) in [5.74, 6) is 0. The Balaban J connectivity index is 2.73. The lowest BCUT2D eigenvalue weighted by molar-refractivity contribution is 0.605. The average Bonchev–Trinajstić information content (AvgIpc) is 1.37. The van der Waals surface area contributed by atoms with E-state index in [1.165, 1.54) is 0 Å². The first-order chi connectivity index (χ1) is 1.91. The van der Waals surface area contributed by atoms with Crippen LogP contribution in [0, 0.1) is 0 Å². The predicted octanol–water partition coefficient (Wildman–Crippen LogP) is 1.57.